The standard InChI is InChI=1S/C32H47NO4SSi/c1-24(17-19-27-25(2)14-13-22-32(27,7)8)18-20-29(26(3)21-23-37-39(9,10)31(4,5)6)38(36)30-16-12-11-15-28(30)33(34)35/h11-12,15-21H,13-14,22-23H2,1-10H3/b19-17+,24-18-,26-21+,29-20-. The van der Waals surface area contributed by atoms with E-state index < -0.39 is 24.0 Å². The average molecular weight is 570 g/mol. The molecule has 39 heavy (non-hydrogen) atoms. The molecule has 1 unspecified atom stereocenters. The Hall–Kier alpha value is -2.35. The molecule has 1 atom stereocenters. The number of allylic oxidation sites excluding steroid dienone is 8. The number of hydrogen-bond acceptors (Lipinski definition) is 4. The van der Waals surface area contributed by atoms with Gasteiger partial charge < -0.3 is 4.43 Å². The van der Waals surface area contributed by atoms with E-state index in [9.17, 15) is 14.3 Å². The van der Waals surface area contributed by atoms with Crippen LogP contribution < -0.4 is 0 Å². The number of nitro groups is 1. The normalized spacial score (nSPS) is 18.6. The quantitative estimate of drug-likeness (QED) is 0.122. The van der Waals surface area contributed by atoms with Gasteiger partial charge >= 0.3 is 0 Å². The summed E-state index contributed by atoms with van der Waals surface area (Å²) >= 11 is 0. The van der Waals surface area contributed by atoms with Gasteiger partial charge in [-0.05, 0) is 86.9 Å². The first-order valence-electron chi connectivity index (χ1n) is 13.7. The first-order chi connectivity index (χ1) is 18.0. The number of hydrogen-bond donors (Lipinski definition) is 0. The summed E-state index contributed by atoms with van der Waals surface area (Å²) < 4.78 is 20.1. The molecule has 0 heterocycles. The molecule has 7 heteroatoms. The molecule has 0 saturated heterocycles. The van der Waals surface area contributed by atoms with Crippen LogP contribution in [0.5, 0.6) is 0 Å². The van der Waals surface area contributed by atoms with Crippen molar-refractivity contribution < 1.29 is 13.6 Å². The molecular weight excluding hydrogens is 523 g/mol. The highest BCUT2D eigenvalue weighted by Gasteiger charge is 2.36. The fourth-order valence-corrected chi connectivity index (χ4v) is 6.67. The zero-order valence-corrected chi connectivity index (χ0v) is 27.3. The van der Waals surface area contributed by atoms with Crippen LogP contribution in [0.4, 0.5) is 5.69 Å². The number of nitro benzene ring substituents is 1. The highest BCUT2D eigenvalue weighted by Crippen LogP contribution is 2.41. The largest absolute Gasteiger partial charge is 0.413 e. The smallest absolute Gasteiger partial charge is 0.285 e. The summed E-state index contributed by atoms with van der Waals surface area (Å²) in [6.07, 6.45) is 13.6. The maximum absolute atomic E-state index is 13.8. The number of para-hydroxylation sites is 1. The van der Waals surface area contributed by atoms with Crippen LogP contribution in [-0.4, -0.2) is 24.1 Å². The van der Waals surface area contributed by atoms with Crippen molar-refractivity contribution in [3.63, 3.8) is 0 Å². The number of rotatable bonds is 10. The van der Waals surface area contributed by atoms with E-state index in [1.54, 1.807) is 18.2 Å². The molecule has 5 nitrogen and oxygen atoms in total. The second-order valence-corrected chi connectivity index (χ2v) is 18.9. The summed E-state index contributed by atoms with van der Waals surface area (Å²) in [5.41, 5.74) is 4.62. The van der Waals surface area contributed by atoms with Crippen molar-refractivity contribution in [2.24, 2.45) is 5.41 Å². The van der Waals surface area contributed by atoms with Gasteiger partial charge in [0, 0.05) is 11.0 Å². The highest BCUT2D eigenvalue weighted by molar-refractivity contribution is 7.89. The van der Waals surface area contributed by atoms with Gasteiger partial charge in [0.15, 0.2) is 8.32 Å². The third-order valence-corrected chi connectivity index (χ3v) is 14.1. The first-order valence-corrected chi connectivity index (χ1v) is 17.8. The van der Waals surface area contributed by atoms with Crippen LogP contribution in [0.1, 0.15) is 74.7 Å². The van der Waals surface area contributed by atoms with Gasteiger partial charge in [-0.25, -0.2) is 4.21 Å². The summed E-state index contributed by atoms with van der Waals surface area (Å²) in [4.78, 5) is 11.9. The van der Waals surface area contributed by atoms with Crippen molar-refractivity contribution in [3.05, 3.63) is 92.0 Å². The molecule has 0 spiro atoms. The Labute approximate surface area is 239 Å². The van der Waals surface area contributed by atoms with Gasteiger partial charge in [-0.2, -0.15) is 0 Å². The van der Waals surface area contributed by atoms with E-state index in [2.05, 4.69) is 66.8 Å². The Balaban J connectivity index is 2.47. The van der Waals surface area contributed by atoms with Gasteiger partial charge in [0.25, 0.3) is 5.69 Å². The summed E-state index contributed by atoms with van der Waals surface area (Å²) in [7, 11) is -3.70. The number of nitrogens with zero attached hydrogens (tertiary/aromatic N) is 1. The Morgan fingerprint density at radius 1 is 1.18 bits per heavy atom. The van der Waals surface area contributed by atoms with Crippen LogP contribution in [0.2, 0.25) is 18.1 Å². The molecule has 0 aliphatic heterocycles. The minimum Gasteiger partial charge on any atom is -0.413 e. The van der Waals surface area contributed by atoms with Crippen LogP contribution >= 0.6 is 0 Å². The van der Waals surface area contributed by atoms with Gasteiger partial charge in [-0.15, -0.1) is 0 Å². The molecule has 2 rings (SSSR count). The minimum atomic E-state index is -1.96. The van der Waals surface area contributed by atoms with E-state index in [1.807, 2.05) is 32.1 Å². The third-order valence-electron chi connectivity index (χ3n) is 8.04. The summed E-state index contributed by atoms with van der Waals surface area (Å²) in [5.74, 6) is 0. The van der Waals surface area contributed by atoms with Crippen molar-refractivity contribution in [1.82, 2.24) is 0 Å². The van der Waals surface area contributed by atoms with Gasteiger partial charge in [-0.3, -0.25) is 10.1 Å². The van der Waals surface area contributed by atoms with Gasteiger partial charge in [-0.1, -0.05) is 82.2 Å². The molecule has 0 aromatic heterocycles. The SMILES string of the molecule is CC1=C(/C=C/C(C)=C\C=C(\C(C)=C\CO[Si](C)(C)C(C)(C)C)S(=O)c2ccccc2[N+](=O)[O-])C(C)(C)CCC1. The fraction of sp³-hybridized carbons (Fsp3) is 0.500. The predicted octanol–water partition coefficient (Wildman–Crippen LogP) is 9.58. The van der Waals surface area contributed by atoms with E-state index >= 15 is 0 Å². The predicted molar refractivity (Wildman–Crippen MR) is 168 cm³/mol. The monoisotopic (exact) mass is 569 g/mol. The molecule has 214 valence electrons. The molecule has 0 bridgehead atoms. The summed E-state index contributed by atoms with van der Waals surface area (Å²) in [6, 6.07) is 6.24. The zero-order valence-electron chi connectivity index (χ0n) is 25.5. The van der Waals surface area contributed by atoms with Crippen LogP contribution in [0.25, 0.3) is 0 Å². The van der Waals surface area contributed by atoms with Crippen molar-refractivity contribution in [2.45, 2.75) is 97.7 Å². The van der Waals surface area contributed by atoms with E-state index in [4.69, 9.17) is 4.43 Å². The van der Waals surface area contributed by atoms with Gasteiger partial charge in [0.05, 0.1) is 22.3 Å². The molecule has 0 fully saturated rings. The molecule has 1 aromatic rings. The average Bonchev–Trinajstić information content (AvgIpc) is 2.82. The lowest BCUT2D eigenvalue weighted by Gasteiger charge is -2.35. The lowest BCUT2D eigenvalue weighted by molar-refractivity contribution is -0.387. The van der Waals surface area contributed by atoms with Gasteiger partial charge in [0.1, 0.15) is 4.90 Å². The lowest BCUT2D eigenvalue weighted by atomic mass is 9.72. The van der Waals surface area contributed by atoms with E-state index in [0.29, 0.717) is 11.5 Å². The summed E-state index contributed by atoms with van der Waals surface area (Å²) in [6.45, 7) is 22.1. The second-order valence-electron chi connectivity index (χ2n) is 12.7. The molecule has 0 radical (unpaired) electrons. The Morgan fingerprint density at radius 2 is 1.82 bits per heavy atom. The topological polar surface area (TPSA) is 69.4 Å². The molecule has 0 amide bonds. The highest BCUT2D eigenvalue weighted by atomic mass is 32.2. The zero-order chi connectivity index (χ0) is 29.6. The third kappa shape index (κ3) is 8.82. The maximum atomic E-state index is 13.8. The van der Waals surface area contributed by atoms with Crippen molar-refractivity contribution in [2.75, 3.05) is 6.61 Å². The van der Waals surface area contributed by atoms with Crippen molar-refractivity contribution in [1.29, 1.82) is 0 Å². The fourth-order valence-electron chi connectivity index (χ4n) is 4.40. The van der Waals surface area contributed by atoms with Crippen molar-refractivity contribution in [3.8, 4) is 0 Å². The Bertz CT molecular complexity index is 1240. The molecule has 1 aromatic carbocycles. The van der Waals surface area contributed by atoms with Crippen molar-refractivity contribution >= 4 is 24.8 Å². The second kappa shape index (κ2) is 13.3. The maximum Gasteiger partial charge on any atom is 0.285 e. The van der Waals surface area contributed by atoms with Crippen LogP contribution in [-0.2, 0) is 15.2 Å². The van der Waals surface area contributed by atoms with E-state index in [-0.39, 0.29) is 21.0 Å². The van der Waals surface area contributed by atoms with Crippen LogP contribution in [0.3, 0.4) is 0 Å². The summed E-state index contributed by atoms with van der Waals surface area (Å²) in [5, 5.41) is 11.7. The van der Waals surface area contributed by atoms with Crippen LogP contribution in [0, 0.1) is 15.5 Å². The lowest BCUT2D eigenvalue weighted by Crippen LogP contribution is -2.40. The molecular formula is C32H47NO4SSi. The Kier molecular flexibility index (Phi) is 11.2. The molecule has 0 saturated carbocycles. The van der Waals surface area contributed by atoms with Gasteiger partial charge in [0.2, 0.25) is 0 Å². The Morgan fingerprint density at radius 3 is 2.41 bits per heavy atom. The van der Waals surface area contributed by atoms with E-state index in [0.717, 1.165) is 17.6 Å². The van der Waals surface area contributed by atoms with Crippen LogP contribution in [0.15, 0.2) is 86.7 Å². The van der Waals surface area contributed by atoms with E-state index in [1.165, 1.54) is 30.1 Å². The first kappa shape index (κ1) is 32.9. The molecule has 0 N–H and O–H groups in total. The number of benzene rings is 1. The molecule has 1 aliphatic carbocycles. The molecule has 1 aliphatic rings. The minimum absolute atomic E-state index is 0.0771.